The first-order valence-corrected chi connectivity index (χ1v) is 8.68. The molecule has 4 nitrogen and oxygen atoms in total. The zero-order valence-electron chi connectivity index (χ0n) is 13.7. The van der Waals surface area contributed by atoms with Gasteiger partial charge in [-0.1, -0.05) is 51.1 Å². The van der Waals surface area contributed by atoms with Crippen LogP contribution in [0, 0.1) is 12.8 Å². The van der Waals surface area contributed by atoms with E-state index >= 15 is 0 Å². The van der Waals surface area contributed by atoms with E-state index < -0.39 is 0 Å². The fourth-order valence-corrected chi connectivity index (χ4v) is 2.92. The van der Waals surface area contributed by atoms with Gasteiger partial charge in [0, 0.05) is 6.21 Å². The summed E-state index contributed by atoms with van der Waals surface area (Å²) in [6.45, 7) is 8.28. The maximum atomic E-state index is 12.0. The largest absolute Gasteiger partial charge is 0.271 e. The molecule has 1 amide bonds. The van der Waals surface area contributed by atoms with Gasteiger partial charge in [-0.25, -0.2) is 4.99 Å². The molecule has 1 saturated heterocycles. The van der Waals surface area contributed by atoms with Gasteiger partial charge in [0.2, 0.25) is 0 Å². The minimum Gasteiger partial charge on any atom is -0.271 e. The molecular formula is C17H23N3OS. The number of aliphatic imine (C=N–C) groups is 1. The monoisotopic (exact) mass is 317 g/mol. The van der Waals surface area contributed by atoms with Gasteiger partial charge in [-0.05, 0) is 36.5 Å². The van der Waals surface area contributed by atoms with Crippen molar-refractivity contribution in [3.05, 3.63) is 29.3 Å². The third-order valence-electron chi connectivity index (χ3n) is 3.20. The van der Waals surface area contributed by atoms with Crippen molar-refractivity contribution in [3.63, 3.8) is 0 Å². The number of aryl methyl sites for hydroxylation is 2. The first-order chi connectivity index (χ1) is 10.5. The Kier molecular flexibility index (Phi) is 5.77. The van der Waals surface area contributed by atoms with Crippen LogP contribution in [0.5, 0.6) is 0 Å². The molecule has 1 aliphatic rings. The van der Waals surface area contributed by atoms with Gasteiger partial charge in [0.15, 0.2) is 5.17 Å². The summed E-state index contributed by atoms with van der Waals surface area (Å²) >= 11 is 1.45. The van der Waals surface area contributed by atoms with Crippen LogP contribution in [0.3, 0.4) is 0 Å². The standard InChI is InChI=1S/C17H23N3OS/c1-5-6-14-8-7-13(4)9-15(14)19-17-20(16(21)11-22-17)18-10-12(2)3/h7-10,12H,5-6,11H2,1-4H3/b18-10+,19-17-. The van der Waals surface area contributed by atoms with E-state index in [1.807, 2.05) is 13.8 Å². The Morgan fingerprint density at radius 3 is 2.86 bits per heavy atom. The highest BCUT2D eigenvalue weighted by atomic mass is 32.2. The van der Waals surface area contributed by atoms with E-state index in [-0.39, 0.29) is 5.91 Å². The molecule has 0 atom stereocenters. The van der Waals surface area contributed by atoms with Crippen LogP contribution >= 0.6 is 11.8 Å². The van der Waals surface area contributed by atoms with Gasteiger partial charge in [-0.15, -0.1) is 0 Å². The van der Waals surface area contributed by atoms with Crippen molar-refractivity contribution in [3.8, 4) is 0 Å². The number of amides is 1. The summed E-state index contributed by atoms with van der Waals surface area (Å²) in [5, 5.41) is 6.39. The molecule has 0 unspecified atom stereocenters. The Hall–Kier alpha value is -1.62. The number of thioether (sulfide) groups is 1. The number of hydrogen-bond donors (Lipinski definition) is 0. The molecule has 0 aliphatic carbocycles. The van der Waals surface area contributed by atoms with Crippen molar-refractivity contribution >= 4 is 34.7 Å². The number of carbonyl (C=O) groups is 1. The van der Waals surface area contributed by atoms with Gasteiger partial charge in [-0.2, -0.15) is 10.1 Å². The SMILES string of the molecule is CCCc1ccc(C)cc1/N=C1\SCC(=O)N1/N=C/C(C)C. The third kappa shape index (κ3) is 4.19. The molecule has 5 heteroatoms. The number of carbonyl (C=O) groups excluding carboxylic acids is 1. The average molecular weight is 317 g/mol. The molecule has 22 heavy (non-hydrogen) atoms. The molecule has 0 N–H and O–H groups in total. The predicted molar refractivity (Wildman–Crippen MR) is 94.9 cm³/mol. The Morgan fingerprint density at radius 1 is 1.41 bits per heavy atom. The van der Waals surface area contributed by atoms with Gasteiger partial charge in [0.25, 0.3) is 5.91 Å². The minimum atomic E-state index is -0.00894. The van der Waals surface area contributed by atoms with Crippen LogP contribution in [0.15, 0.2) is 28.3 Å². The number of hydrazone groups is 1. The second-order valence-electron chi connectivity index (χ2n) is 5.78. The molecule has 0 bridgehead atoms. The average Bonchev–Trinajstić information content (AvgIpc) is 2.80. The minimum absolute atomic E-state index is 0.00894. The fourth-order valence-electron chi connectivity index (χ4n) is 2.11. The lowest BCUT2D eigenvalue weighted by molar-refractivity contribution is -0.124. The number of rotatable bonds is 5. The number of nitrogens with zero attached hydrogens (tertiary/aromatic N) is 3. The van der Waals surface area contributed by atoms with Crippen molar-refractivity contribution < 1.29 is 4.79 Å². The van der Waals surface area contributed by atoms with E-state index in [0.29, 0.717) is 16.8 Å². The highest BCUT2D eigenvalue weighted by Crippen LogP contribution is 2.28. The quantitative estimate of drug-likeness (QED) is 0.766. The lowest BCUT2D eigenvalue weighted by atomic mass is 10.1. The normalized spacial score (nSPS) is 17.4. The molecule has 0 radical (unpaired) electrons. The van der Waals surface area contributed by atoms with Crippen molar-refractivity contribution in [2.45, 2.75) is 40.5 Å². The first-order valence-electron chi connectivity index (χ1n) is 7.69. The van der Waals surface area contributed by atoms with Gasteiger partial charge < -0.3 is 0 Å². The first kappa shape index (κ1) is 16.7. The molecule has 2 rings (SSSR count). The smallest absolute Gasteiger partial charge is 0.259 e. The molecule has 1 heterocycles. The second-order valence-corrected chi connectivity index (χ2v) is 6.72. The Balaban J connectivity index is 2.34. The second kappa shape index (κ2) is 7.58. The van der Waals surface area contributed by atoms with Crippen LogP contribution in [-0.2, 0) is 11.2 Å². The number of amidine groups is 1. The molecule has 0 spiro atoms. The highest BCUT2D eigenvalue weighted by molar-refractivity contribution is 8.15. The van der Waals surface area contributed by atoms with E-state index in [2.05, 4.69) is 37.1 Å². The molecule has 0 aromatic heterocycles. The molecule has 1 aromatic carbocycles. The number of benzene rings is 1. The number of hydrogen-bond acceptors (Lipinski definition) is 4. The van der Waals surface area contributed by atoms with E-state index in [4.69, 9.17) is 4.99 Å². The van der Waals surface area contributed by atoms with Crippen LogP contribution < -0.4 is 0 Å². The summed E-state index contributed by atoms with van der Waals surface area (Å²) in [4.78, 5) is 16.7. The lowest BCUT2D eigenvalue weighted by Crippen LogP contribution is -2.24. The van der Waals surface area contributed by atoms with E-state index in [9.17, 15) is 4.79 Å². The highest BCUT2D eigenvalue weighted by Gasteiger charge is 2.28. The summed E-state index contributed by atoms with van der Waals surface area (Å²) in [7, 11) is 0. The Labute approximate surface area is 136 Å². The molecule has 1 aliphatic heterocycles. The van der Waals surface area contributed by atoms with Crippen molar-refractivity contribution in [2.75, 3.05) is 5.75 Å². The molecule has 1 aromatic rings. The van der Waals surface area contributed by atoms with E-state index in [1.54, 1.807) is 6.21 Å². The summed E-state index contributed by atoms with van der Waals surface area (Å²) in [5.74, 6) is 0.697. The van der Waals surface area contributed by atoms with Crippen LogP contribution in [0.25, 0.3) is 0 Å². The summed E-state index contributed by atoms with van der Waals surface area (Å²) in [5.41, 5.74) is 3.34. The molecular weight excluding hydrogens is 294 g/mol. The maximum Gasteiger partial charge on any atom is 0.259 e. The van der Waals surface area contributed by atoms with E-state index in [1.165, 1.54) is 27.9 Å². The molecule has 0 saturated carbocycles. The van der Waals surface area contributed by atoms with Gasteiger partial charge in [0.1, 0.15) is 0 Å². The van der Waals surface area contributed by atoms with Crippen molar-refractivity contribution in [1.82, 2.24) is 5.01 Å². The summed E-state index contributed by atoms with van der Waals surface area (Å²) < 4.78 is 0. The van der Waals surface area contributed by atoms with Crippen molar-refractivity contribution in [2.24, 2.45) is 16.0 Å². The van der Waals surface area contributed by atoms with Crippen LogP contribution in [0.2, 0.25) is 0 Å². The van der Waals surface area contributed by atoms with Crippen LogP contribution in [0.1, 0.15) is 38.3 Å². The van der Waals surface area contributed by atoms with E-state index in [0.717, 1.165) is 18.5 Å². The zero-order valence-corrected chi connectivity index (χ0v) is 14.5. The zero-order chi connectivity index (χ0) is 16.1. The fraction of sp³-hybridized carbons (Fsp3) is 0.471. The third-order valence-corrected chi connectivity index (χ3v) is 4.11. The molecule has 118 valence electrons. The topological polar surface area (TPSA) is 45.0 Å². The molecule has 1 fully saturated rings. The lowest BCUT2D eigenvalue weighted by Gasteiger charge is -2.11. The Morgan fingerprint density at radius 2 is 2.18 bits per heavy atom. The predicted octanol–water partition coefficient (Wildman–Crippen LogP) is 4.15. The Bertz CT molecular complexity index is 608. The maximum absolute atomic E-state index is 12.0. The van der Waals surface area contributed by atoms with Crippen molar-refractivity contribution in [1.29, 1.82) is 0 Å². The summed E-state index contributed by atoms with van der Waals surface area (Å²) in [6, 6.07) is 6.31. The summed E-state index contributed by atoms with van der Waals surface area (Å²) in [6.07, 6.45) is 3.84. The van der Waals surface area contributed by atoms with Crippen LogP contribution in [0.4, 0.5) is 5.69 Å². The van der Waals surface area contributed by atoms with Crippen LogP contribution in [-0.4, -0.2) is 28.1 Å². The van der Waals surface area contributed by atoms with Gasteiger partial charge in [0.05, 0.1) is 11.4 Å². The van der Waals surface area contributed by atoms with Gasteiger partial charge >= 0.3 is 0 Å². The van der Waals surface area contributed by atoms with Gasteiger partial charge in [-0.3, -0.25) is 4.79 Å².